The molecule has 0 bridgehead atoms. The van der Waals surface area contributed by atoms with Crippen LogP contribution in [0, 0.1) is 27.7 Å². The second-order valence-corrected chi connectivity index (χ2v) is 12.6. The third-order valence-electron chi connectivity index (χ3n) is 9.69. The van der Waals surface area contributed by atoms with E-state index in [1.807, 2.05) is 100 Å². The van der Waals surface area contributed by atoms with Gasteiger partial charge in [-0.25, -0.2) is 0 Å². The summed E-state index contributed by atoms with van der Waals surface area (Å²) >= 11 is 0. The van der Waals surface area contributed by atoms with Crippen molar-refractivity contribution >= 4 is 0 Å². The maximum absolute atomic E-state index is 12.0. The van der Waals surface area contributed by atoms with Gasteiger partial charge in [0.05, 0.1) is 10.8 Å². The number of aryl methyl sites for hydroxylation is 4. The molecule has 0 amide bonds. The number of benzene rings is 6. The van der Waals surface area contributed by atoms with Crippen molar-refractivity contribution in [1.82, 2.24) is 0 Å². The number of rotatable bonds is 7. The average molecular weight is 639 g/mol. The molecule has 0 atom stereocenters. The van der Waals surface area contributed by atoms with Crippen LogP contribution in [0.2, 0.25) is 0 Å². The van der Waals surface area contributed by atoms with E-state index in [0.717, 1.165) is 16.7 Å². The van der Waals surface area contributed by atoms with E-state index >= 15 is 0 Å². The molecular formula is C42H38O6. The standard InChI is InChI=1S/C42H38O6/c1-25-21-30(11-17-36(25)44)41(29-9-15-34(43)16-10-29,31-12-18-37(45)26(2)22-31)42(35-7-5-6-8-40(35)48,32-13-19-38(46)27(3)23-32)33-14-20-39(47)28(4)24-33/h5-24,43-48H,1-4H3. The van der Waals surface area contributed by atoms with Gasteiger partial charge in [-0.05, 0) is 120 Å². The van der Waals surface area contributed by atoms with E-state index < -0.39 is 10.8 Å². The van der Waals surface area contributed by atoms with Gasteiger partial charge in [0, 0.05) is 5.56 Å². The summed E-state index contributed by atoms with van der Waals surface area (Å²) in [4.78, 5) is 0. The first-order valence-electron chi connectivity index (χ1n) is 15.7. The molecule has 6 aromatic carbocycles. The van der Waals surface area contributed by atoms with Crippen molar-refractivity contribution in [1.29, 1.82) is 0 Å². The summed E-state index contributed by atoms with van der Waals surface area (Å²) in [5.41, 5.74) is 3.81. The topological polar surface area (TPSA) is 121 Å². The smallest absolute Gasteiger partial charge is 0.120 e. The summed E-state index contributed by atoms with van der Waals surface area (Å²) in [7, 11) is 0. The van der Waals surface area contributed by atoms with Gasteiger partial charge < -0.3 is 30.6 Å². The van der Waals surface area contributed by atoms with Gasteiger partial charge in [0.15, 0.2) is 0 Å². The predicted octanol–water partition coefficient (Wildman–Crippen LogP) is 8.52. The number of hydrogen-bond donors (Lipinski definition) is 6. The van der Waals surface area contributed by atoms with Crippen molar-refractivity contribution in [3.63, 3.8) is 0 Å². The van der Waals surface area contributed by atoms with E-state index in [4.69, 9.17) is 0 Å². The average Bonchev–Trinajstić information content (AvgIpc) is 3.06. The summed E-state index contributed by atoms with van der Waals surface area (Å²) < 4.78 is 0. The molecule has 0 saturated heterocycles. The number of para-hydroxylation sites is 1. The molecule has 6 N–H and O–H groups in total. The largest absolute Gasteiger partial charge is 0.508 e. The molecule has 6 heteroatoms. The van der Waals surface area contributed by atoms with E-state index in [-0.39, 0.29) is 34.5 Å². The Hall–Kier alpha value is -5.88. The summed E-state index contributed by atoms with van der Waals surface area (Å²) in [6.45, 7) is 7.27. The molecule has 6 aromatic rings. The second-order valence-electron chi connectivity index (χ2n) is 12.6. The molecule has 6 rings (SSSR count). The maximum Gasteiger partial charge on any atom is 0.120 e. The third kappa shape index (κ3) is 4.88. The van der Waals surface area contributed by atoms with E-state index in [2.05, 4.69) is 0 Å². The molecular weight excluding hydrogens is 600 g/mol. The van der Waals surface area contributed by atoms with Gasteiger partial charge in [-0.2, -0.15) is 0 Å². The molecule has 48 heavy (non-hydrogen) atoms. The van der Waals surface area contributed by atoms with Crippen LogP contribution in [0.3, 0.4) is 0 Å². The molecule has 0 spiro atoms. The molecule has 242 valence electrons. The van der Waals surface area contributed by atoms with E-state index in [0.29, 0.717) is 38.9 Å². The highest BCUT2D eigenvalue weighted by molar-refractivity contribution is 5.71. The van der Waals surface area contributed by atoms with Crippen LogP contribution < -0.4 is 0 Å². The van der Waals surface area contributed by atoms with Crippen LogP contribution >= 0.6 is 0 Å². The van der Waals surface area contributed by atoms with Crippen LogP contribution in [0.1, 0.15) is 55.6 Å². The SMILES string of the molecule is Cc1cc(C(c2ccc(O)cc2)(c2ccc(O)c(C)c2)C(c2ccc(O)c(C)c2)(c2ccc(O)c(C)c2)c2ccccc2O)ccc1O. The molecule has 0 aliphatic carbocycles. The van der Waals surface area contributed by atoms with Crippen molar-refractivity contribution in [2.45, 2.75) is 38.5 Å². The van der Waals surface area contributed by atoms with Crippen molar-refractivity contribution in [3.05, 3.63) is 177 Å². The fraction of sp³-hybridized carbons (Fsp3) is 0.143. The Balaban J connectivity index is 2.03. The van der Waals surface area contributed by atoms with Gasteiger partial charge in [-0.3, -0.25) is 0 Å². The Bertz CT molecular complexity index is 2040. The molecule has 0 radical (unpaired) electrons. The lowest BCUT2D eigenvalue weighted by molar-refractivity contribution is 0.386. The number of aromatic hydroxyl groups is 6. The van der Waals surface area contributed by atoms with E-state index in [9.17, 15) is 30.6 Å². The monoisotopic (exact) mass is 638 g/mol. The van der Waals surface area contributed by atoms with Crippen molar-refractivity contribution in [2.24, 2.45) is 0 Å². The Morgan fingerprint density at radius 3 is 1.02 bits per heavy atom. The highest BCUT2D eigenvalue weighted by Gasteiger charge is 2.59. The Labute approximate surface area is 280 Å². The first kappa shape index (κ1) is 32.1. The van der Waals surface area contributed by atoms with Crippen LogP contribution in [0.4, 0.5) is 0 Å². The Morgan fingerprint density at radius 2 is 0.667 bits per heavy atom. The molecule has 0 aliphatic rings. The fourth-order valence-corrected chi connectivity index (χ4v) is 7.32. The Morgan fingerprint density at radius 1 is 0.333 bits per heavy atom. The first-order valence-corrected chi connectivity index (χ1v) is 15.7. The first-order chi connectivity index (χ1) is 22.9. The van der Waals surface area contributed by atoms with Crippen LogP contribution in [0.15, 0.2) is 121 Å². The van der Waals surface area contributed by atoms with E-state index in [1.54, 1.807) is 48.5 Å². The molecule has 0 fully saturated rings. The second kappa shape index (κ2) is 12.0. The van der Waals surface area contributed by atoms with Crippen molar-refractivity contribution in [2.75, 3.05) is 0 Å². The van der Waals surface area contributed by atoms with Crippen LogP contribution in [-0.2, 0) is 10.8 Å². The molecule has 0 heterocycles. The van der Waals surface area contributed by atoms with Gasteiger partial charge in [-0.1, -0.05) is 78.9 Å². The number of phenolic OH excluding ortho intramolecular Hbond substituents is 6. The van der Waals surface area contributed by atoms with Gasteiger partial charge >= 0.3 is 0 Å². The lowest BCUT2D eigenvalue weighted by Gasteiger charge is -2.54. The lowest BCUT2D eigenvalue weighted by Crippen LogP contribution is -2.53. The van der Waals surface area contributed by atoms with Crippen LogP contribution in [0.25, 0.3) is 0 Å². The maximum atomic E-state index is 12.0. The third-order valence-corrected chi connectivity index (χ3v) is 9.69. The minimum absolute atomic E-state index is 0.00288. The quantitative estimate of drug-likeness (QED) is 0.0975. The van der Waals surface area contributed by atoms with Crippen LogP contribution in [0.5, 0.6) is 34.5 Å². The van der Waals surface area contributed by atoms with Crippen molar-refractivity contribution < 1.29 is 30.6 Å². The summed E-state index contributed by atoms with van der Waals surface area (Å²) in [6.07, 6.45) is 0. The van der Waals surface area contributed by atoms with Gasteiger partial charge in [-0.15, -0.1) is 0 Å². The molecule has 0 aromatic heterocycles. The Kier molecular flexibility index (Phi) is 8.05. The zero-order valence-electron chi connectivity index (χ0n) is 27.2. The summed E-state index contributed by atoms with van der Waals surface area (Å²) in [6, 6.07) is 35.6. The van der Waals surface area contributed by atoms with Crippen LogP contribution in [-0.4, -0.2) is 30.6 Å². The fourth-order valence-electron chi connectivity index (χ4n) is 7.32. The number of phenols is 6. The predicted molar refractivity (Wildman–Crippen MR) is 187 cm³/mol. The minimum Gasteiger partial charge on any atom is -0.508 e. The summed E-state index contributed by atoms with van der Waals surface area (Å²) in [5.74, 6) is 0.475. The van der Waals surface area contributed by atoms with Gasteiger partial charge in [0.25, 0.3) is 0 Å². The highest BCUT2D eigenvalue weighted by Crippen LogP contribution is 2.62. The molecule has 6 nitrogen and oxygen atoms in total. The van der Waals surface area contributed by atoms with Crippen molar-refractivity contribution in [3.8, 4) is 34.5 Å². The van der Waals surface area contributed by atoms with Gasteiger partial charge in [0.1, 0.15) is 34.5 Å². The molecule has 0 aliphatic heterocycles. The summed E-state index contributed by atoms with van der Waals surface area (Å²) in [5, 5.41) is 66.0. The molecule has 0 unspecified atom stereocenters. The zero-order valence-corrected chi connectivity index (χ0v) is 27.2. The van der Waals surface area contributed by atoms with Gasteiger partial charge in [0.2, 0.25) is 0 Å². The lowest BCUT2D eigenvalue weighted by atomic mass is 9.46. The normalized spacial score (nSPS) is 11.8. The zero-order chi connectivity index (χ0) is 34.4. The number of hydrogen-bond acceptors (Lipinski definition) is 6. The minimum atomic E-state index is -1.39. The highest BCUT2D eigenvalue weighted by atomic mass is 16.3. The van der Waals surface area contributed by atoms with E-state index in [1.165, 1.54) is 0 Å². The molecule has 0 saturated carbocycles.